The van der Waals surface area contributed by atoms with Gasteiger partial charge in [0.1, 0.15) is 5.78 Å². The predicted octanol–water partition coefficient (Wildman–Crippen LogP) is 6.47. The standard InChI is InChI=1S/C29H44O3/c1-19(9-7-11-27(32)28(3,4)5)24-14-15-25-21(10-8-16-29(24,25)6)12-13-22-17-23(30)18-26(31)20(22)2/h12-14,19,23,25-26,30-31H,2,7-11,15-18H2,1,3-6H3/t19-,23+,25+,26-,29-/m1/s1. The van der Waals surface area contributed by atoms with Crippen molar-refractivity contribution in [1.82, 2.24) is 0 Å². The molecule has 5 atom stereocenters. The zero-order valence-electron chi connectivity index (χ0n) is 20.9. The highest BCUT2D eigenvalue weighted by molar-refractivity contribution is 5.83. The molecule has 0 bridgehead atoms. The van der Waals surface area contributed by atoms with Crippen LogP contribution in [0, 0.1) is 22.7 Å². The van der Waals surface area contributed by atoms with Crippen molar-refractivity contribution in [1.29, 1.82) is 0 Å². The summed E-state index contributed by atoms with van der Waals surface area (Å²) in [6.07, 6.45) is 14.1. The second kappa shape index (κ2) is 9.81. The lowest BCUT2D eigenvalue weighted by atomic mass is 9.62. The first-order chi connectivity index (χ1) is 14.9. The van der Waals surface area contributed by atoms with Gasteiger partial charge in [0.2, 0.25) is 0 Å². The third-order valence-electron chi connectivity index (χ3n) is 8.28. The van der Waals surface area contributed by atoms with Crippen molar-refractivity contribution in [2.24, 2.45) is 22.7 Å². The van der Waals surface area contributed by atoms with E-state index < -0.39 is 12.2 Å². The molecule has 0 saturated heterocycles. The number of rotatable bonds is 6. The first-order valence-corrected chi connectivity index (χ1v) is 12.6. The number of allylic oxidation sites excluding steroid dienone is 5. The molecule has 0 aromatic heterocycles. The van der Waals surface area contributed by atoms with Gasteiger partial charge in [-0.25, -0.2) is 0 Å². The van der Waals surface area contributed by atoms with Crippen LogP contribution < -0.4 is 0 Å². The summed E-state index contributed by atoms with van der Waals surface area (Å²) in [6, 6.07) is 0. The van der Waals surface area contributed by atoms with Crippen LogP contribution in [0.25, 0.3) is 0 Å². The monoisotopic (exact) mass is 440 g/mol. The molecule has 0 unspecified atom stereocenters. The number of carbonyl (C=O) groups excluding carboxylic acids is 1. The van der Waals surface area contributed by atoms with Crippen molar-refractivity contribution >= 4 is 5.78 Å². The molecule has 0 aromatic rings. The molecular weight excluding hydrogens is 396 g/mol. The minimum atomic E-state index is -0.634. The van der Waals surface area contributed by atoms with Crippen LogP contribution in [0.4, 0.5) is 0 Å². The maximum absolute atomic E-state index is 12.3. The van der Waals surface area contributed by atoms with E-state index in [1.54, 1.807) is 5.57 Å². The molecule has 0 aliphatic heterocycles. The predicted molar refractivity (Wildman–Crippen MR) is 132 cm³/mol. The number of hydrogen-bond acceptors (Lipinski definition) is 3. The smallest absolute Gasteiger partial charge is 0.138 e. The number of Topliss-reactive ketones (excluding diaryl/α,β-unsaturated/α-hetero) is 1. The third kappa shape index (κ3) is 5.37. The summed E-state index contributed by atoms with van der Waals surface area (Å²) in [6.45, 7) is 14.9. The van der Waals surface area contributed by atoms with Gasteiger partial charge in [0, 0.05) is 18.3 Å². The molecule has 0 radical (unpaired) electrons. The summed E-state index contributed by atoms with van der Waals surface area (Å²) < 4.78 is 0. The van der Waals surface area contributed by atoms with E-state index in [0.717, 1.165) is 36.8 Å². The average molecular weight is 441 g/mol. The van der Waals surface area contributed by atoms with Gasteiger partial charge >= 0.3 is 0 Å². The zero-order valence-corrected chi connectivity index (χ0v) is 20.9. The van der Waals surface area contributed by atoms with Gasteiger partial charge in [0.15, 0.2) is 0 Å². The van der Waals surface area contributed by atoms with Crippen molar-refractivity contribution in [3.63, 3.8) is 0 Å². The fourth-order valence-electron chi connectivity index (χ4n) is 6.18. The quantitative estimate of drug-likeness (QED) is 0.465. The molecule has 2 saturated carbocycles. The molecule has 3 aliphatic rings. The lowest BCUT2D eigenvalue weighted by Crippen LogP contribution is -2.32. The van der Waals surface area contributed by atoms with Gasteiger partial charge in [0.25, 0.3) is 0 Å². The average Bonchev–Trinajstić information content (AvgIpc) is 3.06. The Kier molecular flexibility index (Phi) is 7.72. The number of hydrogen-bond donors (Lipinski definition) is 2. The van der Waals surface area contributed by atoms with E-state index in [4.69, 9.17) is 0 Å². The molecule has 3 rings (SSSR count). The fourth-order valence-corrected chi connectivity index (χ4v) is 6.18. The molecule has 0 aromatic carbocycles. The van der Waals surface area contributed by atoms with Crippen molar-refractivity contribution < 1.29 is 15.0 Å². The van der Waals surface area contributed by atoms with Crippen LogP contribution in [0.2, 0.25) is 0 Å². The maximum Gasteiger partial charge on any atom is 0.138 e. The first-order valence-electron chi connectivity index (χ1n) is 12.6. The van der Waals surface area contributed by atoms with Gasteiger partial charge < -0.3 is 10.2 Å². The maximum atomic E-state index is 12.3. The highest BCUT2D eigenvalue weighted by atomic mass is 16.3. The Morgan fingerprint density at radius 2 is 2.03 bits per heavy atom. The Labute approximate surface area is 195 Å². The normalized spacial score (nSPS) is 34.5. The van der Waals surface area contributed by atoms with Crippen molar-refractivity contribution in [3.05, 3.63) is 47.1 Å². The summed E-state index contributed by atoms with van der Waals surface area (Å²) in [7, 11) is 0. The number of aliphatic hydroxyl groups excluding tert-OH is 2. The van der Waals surface area contributed by atoms with Crippen molar-refractivity contribution in [2.45, 2.75) is 105 Å². The SMILES string of the molecule is C=C1C(=CC=C2CCC[C@]3(C)C([C@H](C)CCCC(=O)C(C)(C)C)=CC[C@@H]23)C[C@H](O)C[C@H]1O. The minimum absolute atomic E-state index is 0.207. The van der Waals surface area contributed by atoms with Crippen LogP contribution in [0.3, 0.4) is 0 Å². The van der Waals surface area contributed by atoms with E-state index >= 15 is 0 Å². The molecule has 3 aliphatic carbocycles. The Morgan fingerprint density at radius 3 is 2.72 bits per heavy atom. The summed E-state index contributed by atoms with van der Waals surface area (Å²) in [5, 5.41) is 20.2. The van der Waals surface area contributed by atoms with Gasteiger partial charge in [-0.05, 0) is 73.3 Å². The molecule has 3 heteroatoms. The largest absolute Gasteiger partial charge is 0.393 e. The molecule has 32 heavy (non-hydrogen) atoms. The Morgan fingerprint density at radius 1 is 1.31 bits per heavy atom. The molecule has 2 N–H and O–H groups in total. The molecule has 3 nitrogen and oxygen atoms in total. The lowest BCUT2D eigenvalue weighted by molar-refractivity contribution is -0.126. The van der Waals surface area contributed by atoms with Crippen LogP contribution in [0.15, 0.2) is 47.1 Å². The highest BCUT2D eigenvalue weighted by Gasteiger charge is 2.45. The number of aliphatic hydroxyl groups is 2. The van der Waals surface area contributed by atoms with Crippen molar-refractivity contribution in [3.8, 4) is 0 Å². The Balaban J connectivity index is 1.68. The second-order valence-corrected chi connectivity index (χ2v) is 11.8. The Bertz CT molecular complexity index is 822. The number of carbonyl (C=O) groups is 1. The van der Waals surface area contributed by atoms with Gasteiger partial charge in [-0.1, -0.05) is 70.6 Å². The topological polar surface area (TPSA) is 57.5 Å². The van der Waals surface area contributed by atoms with Gasteiger partial charge in [-0.15, -0.1) is 0 Å². The van der Waals surface area contributed by atoms with Crippen LogP contribution in [-0.4, -0.2) is 28.2 Å². The van der Waals surface area contributed by atoms with Crippen molar-refractivity contribution in [2.75, 3.05) is 0 Å². The van der Waals surface area contributed by atoms with E-state index in [0.29, 0.717) is 36.9 Å². The van der Waals surface area contributed by atoms with Gasteiger partial charge in [0.05, 0.1) is 12.2 Å². The van der Waals surface area contributed by atoms with Crippen LogP contribution in [0.1, 0.15) is 92.4 Å². The van der Waals surface area contributed by atoms with E-state index in [1.807, 2.05) is 20.8 Å². The zero-order chi connectivity index (χ0) is 23.7. The van der Waals surface area contributed by atoms with E-state index in [-0.39, 0.29) is 10.8 Å². The van der Waals surface area contributed by atoms with Crippen LogP contribution in [-0.2, 0) is 4.79 Å². The minimum Gasteiger partial charge on any atom is -0.393 e. The molecule has 0 spiro atoms. The summed E-state index contributed by atoms with van der Waals surface area (Å²) in [5.41, 5.74) is 4.80. The molecule has 178 valence electrons. The lowest BCUT2D eigenvalue weighted by Gasteiger charge is -2.42. The van der Waals surface area contributed by atoms with Gasteiger partial charge in [-0.2, -0.15) is 0 Å². The van der Waals surface area contributed by atoms with E-state index in [1.165, 1.54) is 18.4 Å². The fraction of sp³-hybridized carbons (Fsp3) is 0.690. The molecule has 0 heterocycles. The first kappa shape index (κ1) is 25.2. The molecule has 2 fully saturated rings. The highest BCUT2D eigenvalue weighted by Crippen LogP contribution is 2.57. The third-order valence-corrected chi connectivity index (χ3v) is 8.28. The molecular formula is C29H44O3. The summed E-state index contributed by atoms with van der Waals surface area (Å²) in [5.74, 6) is 1.41. The van der Waals surface area contributed by atoms with Crippen LogP contribution in [0.5, 0.6) is 0 Å². The number of ketones is 1. The second-order valence-electron chi connectivity index (χ2n) is 11.8. The van der Waals surface area contributed by atoms with Gasteiger partial charge in [-0.3, -0.25) is 4.79 Å². The molecule has 0 amide bonds. The van der Waals surface area contributed by atoms with E-state index in [2.05, 4.69) is 38.7 Å². The van der Waals surface area contributed by atoms with E-state index in [9.17, 15) is 15.0 Å². The number of fused-ring (bicyclic) bond motifs is 1. The summed E-state index contributed by atoms with van der Waals surface area (Å²) in [4.78, 5) is 12.3. The van der Waals surface area contributed by atoms with Crippen LogP contribution >= 0.6 is 0 Å². The summed E-state index contributed by atoms with van der Waals surface area (Å²) >= 11 is 0. The Hall–Kier alpha value is -1.45.